The molecule has 0 aliphatic carbocycles. The molecule has 5 rings (SSSR count). The van der Waals surface area contributed by atoms with Gasteiger partial charge in [0, 0.05) is 68.4 Å². The fourth-order valence-electron chi connectivity index (χ4n) is 4.02. The Morgan fingerprint density at radius 2 is 1.58 bits per heavy atom. The fourth-order valence-corrected chi connectivity index (χ4v) is 4.02. The van der Waals surface area contributed by atoms with Crippen LogP contribution in [0.2, 0.25) is 0 Å². The molecule has 1 saturated heterocycles. The molecule has 0 saturated carbocycles. The molecule has 4 heterocycles. The molecule has 1 amide bonds. The summed E-state index contributed by atoms with van der Waals surface area (Å²) in [6, 6.07) is 15.3. The maximum Gasteiger partial charge on any atom is 0.257 e. The summed E-state index contributed by atoms with van der Waals surface area (Å²) in [5.74, 6) is 0.0874. The summed E-state index contributed by atoms with van der Waals surface area (Å²) < 4.78 is 3.86. The quantitative estimate of drug-likeness (QED) is 0.472. The van der Waals surface area contributed by atoms with Crippen molar-refractivity contribution < 1.29 is 9.59 Å². The van der Waals surface area contributed by atoms with Crippen molar-refractivity contribution in [1.29, 1.82) is 0 Å². The number of nitrogens with zero attached hydrogens (tertiary/aromatic N) is 5. The van der Waals surface area contributed by atoms with Crippen molar-refractivity contribution in [3.05, 3.63) is 90.6 Å². The number of imidazole rings is 1. The Bertz CT molecular complexity index is 1200. The highest BCUT2D eigenvalue weighted by Crippen LogP contribution is 2.15. The van der Waals surface area contributed by atoms with E-state index in [1.807, 2.05) is 87.2 Å². The van der Waals surface area contributed by atoms with E-state index in [0.717, 1.165) is 5.69 Å². The van der Waals surface area contributed by atoms with E-state index >= 15 is 0 Å². The Balaban J connectivity index is 1.18. The number of benzene rings is 1. The maximum absolute atomic E-state index is 13.0. The molecule has 0 bridgehead atoms. The SMILES string of the molecule is O=C(CN1CCN(C(=O)c2cccn3ccnc23)CC1)c1ccc(-n2cccc2)cc1. The van der Waals surface area contributed by atoms with E-state index in [1.54, 1.807) is 6.20 Å². The molecule has 0 unspecified atom stereocenters. The van der Waals surface area contributed by atoms with Crippen LogP contribution in [0.15, 0.2) is 79.5 Å². The van der Waals surface area contributed by atoms with Crippen molar-refractivity contribution in [2.24, 2.45) is 0 Å². The van der Waals surface area contributed by atoms with E-state index in [4.69, 9.17) is 0 Å². The summed E-state index contributed by atoms with van der Waals surface area (Å²) in [5.41, 5.74) is 3.02. The molecule has 0 radical (unpaired) electrons. The van der Waals surface area contributed by atoms with Gasteiger partial charge >= 0.3 is 0 Å². The third-order valence-corrected chi connectivity index (χ3v) is 5.77. The fraction of sp³-hybridized carbons (Fsp3) is 0.208. The second-order valence-corrected chi connectivity index (χ2v) is 7.71. The van der Waals surface area contributed by atoms with Crippen molar-refractivity contribution in [3.8, 4) is 5.69 Å². The Labute approximate surface area is 180 Å². The van der Waals surface area contributed by atoms with E-state index in [9.17, 15) is 9.59 Å². The van der Waals surface area contributed by atoms with Crippen molar-refractivity contribution in [1.82, 2.24) is 23.8 Å². The van der Waals surface area contributed by atoms with Gasteiger partial charge in [-0.3, -0.25) is 14.5 Å². The van der Waals surface area contributed by atoms with E-state index in [0.29, 0.717) is 49.5 Å². The zero-order valence-corrected chi connectivity index (χ0v) is 17.1. The first-order valence-corrected chi connectivity index (χ1v) is 10.4. The van der Waals surface area contributed by atoms with Gasteiger partial charge in [-0.1, -0.05) is 0 Å². The van der Waals surface area contributed by atoms with Gasteiger partial charge < -0.3 is 13.9 Å². The smallest absolute Gasteiger partial charge is 0.257 e. The first-order chi connectivity index (χ1) is 15.2. The summed E-state index contributed by atoms with van der Waals surface area (Å²) in [5, 5.41) is 0. The predicted octanol–water partition coefficient (Wildman–Crippen LogP) is 2.77. The Kier molecular flexibility index (Phi) is 5.09. The zero-order chi connectivity index (χ0) is 21.2. The number of fused-ring (bicyclic) bond motifs is 1. The van der Waals surface area contributed by atoms with Gasteiger partial charge in [0.1, 0.15) is 5.65 Å². The average molecular weight is 413 g/mol. The van der Waals surface area contributed by atoms with Gasteiger partial charge in [-0.25, -0.2) is 4.98 Å². The first-order valence-electron chi connectivity index (χ1n) is 10.4. The van der Waals surface area contributed by atoms with Crippen LogP contribution in [0.5, 0.6) is 0 Å². The van der Waals surface area contributed by atoms with Gasteiger partial charge in [0.15, 0.2) is 5.78 Å². The Morgan fingerprint density at radius 3 is 2.32 bits per heavy atom. The summed E-state index contributed by atoms with van der Waals surface area (Å²) >= 11 is 0. The lowest BCUT2D eigenvalue weighted by atomic mass is 10.1. The zero-order valence-electron chi connectivity index (χ0n) is 17.1. The van der Waals surface area contributed by atoms with Crippen molar-refractivity contribution in [2.45, 2.75) is 0 Å². The number of carbonyl (C=O) groups is 2. The molecule has 3 aromatic heterocycles. The van der Waals surface area contributed by atoms with Gasteiger partial charge in [0.2, 0.25) is 0 Å². The Hall–Kier alpha value is -3.71. The molecular formula is C24H23N5O2. The lowest BCUT2D eigenvalue weighted by Crippen LogP contribution is -2.50. The molecule has 1 aliphatic rings. The topological polar surface area (TPSA) is 62.9 Å². The van der Waals surface area contributed by atoms with Crippen LogP contribution in [0, 0.1) is 0 Å². The van der Waals surface area contributed by atoms with Crippen molar-refractivity contribution in [2.75, 3.05) is 32.7 Å². The summed E-state index contributed by atoms with van der Waals surface area (Å²) in [6.07, 6.45) is 9.37. The number of pyridine rings is 1. The highest BCUT2D eigenvalue weighted by atomic mass is 16.2. The van der Waals surface area contributed by atoms with Crippen LogP contribution in [0.25, 0.3) is 11.3 Å². The minimum atomic E-state index is -0.0108. The Morgan fingerprint density at radius 1 is 0.839 bits per heavy atom. The highest BCUT2D eigenvalue weighted by molar-refractivity contribution is 6.00. The number of amides is 1. The number of rotatable bonds is 5. The lowest BCUT2D eigenvalue weighted by Gasteiger charge is -2.34. The third kappa shape index (κ3) is 3.87. The van der Waals surface area contributed by atoms with Crippen LogP contribution in [0.1, 0.15) is 20.7 Å². The van der Waals surface area contributed by atoms with Crippen LogP contribution in [0.4, 0.5) is 0 Å². The van der Waals surface area contributed by atoms with E-state index in [1.165, 1.54) is 0 Å². The number of carbonyl (C=O) groups excluding carboxylic acids is 2. The molecule has 31 heavy (non-hydrogen) atoms. The minimum absolute atomic E-state index is 0.0108. The number of hydrogen-bond acceptors (Lipinski definition) is 4. The number of ketones is 1. The standard InChI is InChI=1S/C24H23N5O2/c30-22(19-5-7-20(8-6-19)27-10-1-2-11-27)18-26-14-16-29(17-15-26)24(31)21-4-3-12-28-13-9-25-23(21)28/h1-13H,14-18H2. The largest absolute Gasteiger partial charge is 0.336 e. The summed E-state index contributed by atoms with van der Waals surface area (Å²) in [7, 11) is 0. The highest BCUT2D eigenvalue weighted by Gasteiger charge is 2.25. The van der Waals surface area contributed by atoms with Gasteiger partial charge in [0.25, 0.3) is 5.91 Å². The molecule has 0 atom stereocenters. The molecule has 156 valence electrons. The molecule has 0 spiro atoms. The average Bonchev–Trinajstić information content (AvgIpc) is 3.51. The molecule has 0 N–H and O–H groups in total. The number of piperazine rings is 1. The minimum Gasteiger partial charge on any atom is -0.336 e. The molecule has 7 heteroatoms. The van der Waals surface area contributed by atoms with E-state index < -0.39 is 0 Å². The first kappa shape index (κ1) is 19.3. The molecular weight excluding hydrogens is 390 g/mol. The van der Waals surface area contributed by atoms with Gasteiger partial charge in [0.05, 0.1) is 12.1 Å². The normalized spacial score (nSPS) is 14.8. The van der Waals surface area contributed by atoms with Crippen LogP contribution in [0.3, 0.4) is 0 Å². The van der Waals surface area contributed by atoms with Gasteiger partial charge in [-0.15, -0.1) is 0 Å². The number of hydrogen-bond donors (Lipinski definition) is 0. The van der Waals surface area contributed by atoms with Crippen LogP contribution in [-0.4, -0.2) is 68.2 Å². The van der Waals surface area contributed by atoms with Crippen molar-refractivity contribution in [3.63, 3.8) is 0 Å². The monoisotopic (exact) mass is 413 g/mol. The van der Waals surface area contributed by atoms with Gasteiger partial charge in [-0.2, -0.15) is 0 Å². The van der Waals surface area contributed by atoms with Gasteiger partial charge in [-0.05, 0) is 48.5 Å². The second kappa shape index (κ2) is 8.20. The summed E-state index contributed by atoms with van der Waals surface area (Å²) in [4.78, 5) is 34.0. The third-order valence-electron chi connectivity index (χ3n) is 5.77. The number of Topliss-reactive ketones (excluding diaryl/α,β-unsaturated/α-hetero) is 1. The van der Waals surface area contributed by atoms with Crippen LogP contribution >= 0.6 is 0 Å². The molecule has 7 nitrogen and oxygen atoms in total. The van der Waals surface area contributed by atoms with E-state index in [2.05, 4.69) is 9.88 Å². The molecule has 1 aliphatic heterocycles. The molecule has 4 aromatic rings. The number of aromatic nitrogens is 3. The lowest BCUT2D eigenvalue weighted by molar-refractivity contribution is 0.0625. The predicted molar refractivity (Wildman–Crippen MR) is 118 cm³/mol. The maximum atomic E-state index is 13.0. The second-order valence-electron chi connectivity index (χ2n) is 7.71. The van der Waals surface area contributed by atoms with Crippen LogP contribution < -0.4 is 0 Å². The van der Waals surface area contributed by atoms with Crippen LogP contribution in [-0.2, 0) is 0 Å². The summed E-state index contributed by atoms with van der Waals surface area (Å²) in [6.45, 7) is 2.91. The molecule has 1 aromatic carbocycles. The van der Waals surface area contributed by atoms with Crippen molar-refractivity contribution >= 4 is 17.3 Å². The van der Waals surface area contributed by atoms with E-state index in [-0.39, 0.29) is 11.7 Å². The molecule has 1 fully saturated rings.